The summed E-state index contributed by atoms with van der Waals surface area (Å²) < 4.78 is 0. The third-order valence-corrected chi connectivity index (χ3v) is 3.82. The van der Waals surface area contributed by atoms with E-state index in [0.717, 1.165) is 11.5 Å². The Balaban J connectivity index is 2.50. The van der Waals surface area contributed by atoms with E-state index in [1.54, 1.807) is 47.8 Å². The van der Waals surface area contributed by atoms with Gasteiger partial charge in [0.15, 0.2) is 0 Å². The first-order valence-electron chi connectivity index (χ1n) is 6.33. The van der Waals surface area contributed by atoms with E-state index < -0.39 is 0 Å². The summed E-state index contributed by atoms with van der Waals surface area (Å²) >= 11 is 3.37. The first-order chi connectivity index (χ1) is 9.69. The molecule has 0 spiro atoms. The van der Waals surface area contributed by atoms with Gasteiger partial charge in [-0.1, -0.05) is 0 Å². The van der Waals surface area contributed by atoms with Crippen LogP contribution in [0.2, 0.25) is 0 Å². The maximum absolute atomic E-state index is 11.8. The molecule has 4 nitrogen and oxygen atoms in total. The van der Waals surface area contributed by atoms with Gasteiger partial charge in [0.05, 0.1) is 0 Å². The van der Waals surface area contributed by atoms with Crippen LogP contribution in [0.15, 0.2) is 24.3 Å². The molecule has 0 aliphatic carbocycles. The van der Waals surface area contributed by atoms with Crippen LogP contribution in [0.1, 0.15) is 20.7 Å². The monoisotopic (exact) mass is 312 g/mol. The van der Waals surface area contributed by atoms with Gasteiger partial charge in [-0.3, -0.25) is 9.59 Å². The van der Waals surface area contributed by atoms with E-state index in [0.29, 0.717) is 24.2 Å². The minimum atomic E-state index is -0.103. The number of nitrogens with one attached hydrogen (secondary N) is 2. The highest BCUT2D eigenvalue weighted by molar-refractivity contribution is 7.98. The Morgan fingerprint density at radius 2 is 1.20 bits per heavy atom. The molecule has 110 valence electrons. The largest absolute Gasteiger partial charge is 0.351 e. The van der Waals surface area contributed by atoms with Crippen LogP contribution in [0.5, 0.6) is 0 Å². The number of thioether (sulfide) groups is 2. The van der Waals surface area contributed by atoms with Gasteiger partial charge in [-0.15, -0.1) is 0 Å². The standard InChI is InChI=1S/C14H20N2O2S2/c1-19-9-7-15-13(17)11-3-5-12(6-4-11)14(18)16-8-10-20-2/h3-6H,7-10H2,1-2H3,(H,15,17)(H,16,18). The van der Waals surface area contributed by atoms with Crippen LogP contribution in [0, 0.1) is 0 Å². The molecule has 1 aromatic carbocycles. The number of hydrogen-bond donors (Lipinski definition) is 2. The number of rotatable bonds is 8. The van der Waals surface area contributed by atoms with Crippen molar-refractivity contribution < 1.29 is 9.59 Å². The summed E-state index contributed by atoms with van der Waals surface area (Å²) in [6.45, 7) is 1.30. The summed E-state index contributed by atoms with van der Waals surface area (Å²) in [5.41, 5.74) is 1.15. The first-order valence-corrected chi connectivity index (χ1v) is 9.12. The second-order valence-electron chi connectivity index (χ2n) is 4.07. The average molecular weight is 312 g/mol. The summed E-state index contributed by atoms with van der Waals surface area (Å²) in [7, 11) is 0. The Bertz CT molecular complexity index is 394. The smallest absolute Gasteiger partial charge is 0.251 e. The maximum atomic E-state index is 11.8. The van der Waals surface area contributed by atoms with Crippen molar-refractivity contribution >= 4 is 35.3 Å². The van der Waals surface area contributed by atoms with E-state index in [1.165, 1.54) is 0 Å². The lowest BCUT2D eigenvalue weighted by Gasteiger charge is -2.06. The Hall–Kier alpha value is -1.14. The molecule has 6 heteroatoms. The van der Waals surface area contributed by atoms with Crippen LogP contribution >= 0.6 is 23.5 Å². The zero-order chi connectivity index (χ0) is 14.8. The van der Waals surface area contributed by atoms with Gasteiger partial charge >= 0.3 is 0 Å². The van der Waals surface area contributed by atoms with Gasteiger partial charge in [0, 0.05) is 35.7 Å². The fraction of sp³-hybridized carbons (Fsp3) is 0.429. The summed E-state index contributed by atoms with van der Waals surface area (Å²) in [4.78, 5) is 23.6. The second kappa shape index (κ2) is 9.72. The average Bonchev–Trinajstić information content (AvgIpc) is 2.47. The van der Waals surface area contributed by atoms with Crippen LogP contribution < -0.4 is 10.6 Å². The third kappa shape index (κ3) is 5.88. The lowest BCUT2D eigenvalue weighted by molar-refractivity contribution is 0.0944. The molecule has 0 aromatic heterocycles. The number of hydrogen-bond acceptors (Lipinski definition) is 4. The molecular formula is C14H20N2O2S2. The molecule has 20 heavy (non-hydrogen) atoms. The van der Waals surface area contributed by atoms with E-state index in [-0.39, 0.29) is 11.8 Å². The fourth-order valence-corrected chi connectivity index (χ4v) is 2.12. The molecule has 1 rings (SSSR count). The summed E-state index contributed by atoms with van der Waals surface area (Å²) in [6.07, 6.45) is 3.99. The zero-order valence-corrected chi connectivity index (χ0v) is 13.4. The molecule has 1 aromatic rings. The highest BCUT2D eigenvalue weighted by atomic mass is 32.2. The summed E-state index contributed by atoms with van der Waals surface area (Å²) in [5, 5.41) is 5.65. The van der Waals surface area contributed by atoms with E-state index >= 15 is 0 Å². The molecule has 0 unspecified atom stereocenters. The van der Waals surface area contributed by atoms with Crippen molar-refractivity contribution in [3.8, 4) is 0 Å². The highest BCUT2D eigenvalue weighted by Crippen LogP contribution is 2.05. The molecule has 0 heterocycles. The van der Waals surface area contributed by atoms with Crippen LogP contribution in [0.3, 0.4) is 0 Å². The Labute approximate surface area is 128 Å². The topological polar surface area (TPSA) is 58.2 Å². The minimum absolute atomic E-state index is 0.103. The number of carbonyl (C=O) groups excluding carboxylic acids is 2. The second-order valence-corrected chi connectivity index (χ2v) is 6.05. The van der Waals surface area contributed by atoms with Gasteiger partial charge in [0.25, 0.3) is 11.8 Å². The Morgan fingerprint density at radius 3 is 1.50 bits per heavy atom. The van der Waals surface area contributed by atoms with Crippen molar-refractivity contribution in [1.29, 1.82) is 0 Å². The van der Waals surface area contributed by atoms with Crippen LogP contribution in [-0.2, 0) is 0 Å². The molecule has 0 atom stereocenters. The number of benzene rings is 1. The molecule has 0 aliphatic heterocycles. The molecule has 0 aliphatic rings. The van der Waals surface area contributed by atoms with Crippen molar-refractivity contribution in [3.05, 3.63) is 35.4 Å². The van der Waals surface area contributed by atoms with Crippen LogP contribution in [-0.4, -0.2) is 48.9 Å². The zero-order valence-electron chi connectivity index (χ0n) is 11.8. The molecule has 0 radical (unpaired) electrons. The molecular weight excluding hydrogens is 292 g/mol. The lowest BCUT2D eigenvalue weighted by Crippen LogP contribution is -2.27. The third-order valence-electron chi connectivity index (χ3n) is 2.59. The van der Waals surface area contributed by atoms with Gasteiger partial charge < -0.3 is 10.6 Å². The molecule has 0 saturated carbocycles. The summed E-state index contributed by atoms with van der Waals surface area (Å²) in [6, 6.07) is 6.71. The van der Waals surface area contributed by atoms with Gasteiger partial charge in [0.1, 0.15) is 0 Å². The van der Waals surface area contributed by atoms with Crippen molar-refractivity contribution in [2.45, 2.75) is 0 Å². The SMILES string of the molecule is CSCCNC(=O)c1ccc(C(=O)NCCSC)cc1. The number of carbonyl (C=O) groups is 2. The maximum Gasteiger partial charge on any atom is 0.251 e. The van der Waals surface area contributed by atoms with Gasteiger partial charge in [-0.2, -0.15) is 23.5 Å². The first kappa shape index (κ1) is 16.9. The Morgan fingerprint density at radius 1 is 0.850 bits per heavy atom. The van der Waals surface area contributed by atoms with E-state index in [2.05, 4.69) is 10.6 Å². The highest BCUT2D eigenvalue weighted by Gasteiger charge is 2.08. The number of amides is 2. The van der Waals surface area contributed by atoms with Crippen LogP contribution in [0.25, 0.3) is 0 Å². The van der Waals surface area contributed by atoms with Crippen LogP contribution in [0.4, 0.5) is 0 Å². The van der Waals surface area contributed by atoms with Gasteiger partial charge in [0.2, 0.25) is 0 Å². The van der Waals surface area contributed by atoms with Gasteiger partial charge in [-0.05, 0) is 36.8 Å². The fourth-order valence-electron chi connectivity index (χ4n) is 1.51. The van der Waals surface area contributed by atoms with E-state index in [1.807, 2.05) is 12.5 Å². The normalized spacial score (nSPS) is 10.1. The molecule has 2 N–H and O–H groups in total. The molecule has 2 amide bonds. The quantitative estimate of drug-likeness (QED) is 0.720. The van der Waals surface area contributed by atoms with Crippen molar-refractivity contribution in [2.75, 3.05) is 37.1 Å². The minimum Gasteiger partial charge on any atom is -0.351 e. The molecule has 0 fully saturated rings. The predicted molar refractivity (Wildman–Crippen MR) is 87.9 cm³/mol. The lowest BCUT2D eigenvalue weighted by atomic mass is 10.1. The van der Waals surface area contributed by atoms with E-state index in [9.17, 15) is 9.59 Å². The molecule has 0 saturated heterocycles. The van der Waals surface area contributed by atoms with Crippen molar-refractivity contribution in [2.24, 2.45) is 0 Å². The van der Waals surface area contributed by atoms with E-state index in [4.69, 9.17) is 0 Å². The Kier molecular flexibility index (Phi) is 8.22. The van der Waals surface area contributed by atoms with Crippen molar-refractivity contribution in [3.63, 3.8) is 0 Å². The van der Waals surface area contributed by atoms with Crippen molar-refractivity contribution in [1.82, 2.24) is 10.6 Å². The van der Waals surface area contributed by atoms with Gasteiger partial charge in [-0.25, -0.2) is 0 Å². The predicted octanol–water partition coefficient (Wildman–Crippen LogP) is 1.87. The molecule has 0 bridgehead atoms. The summed E-state index contributed by atoms with van der Waals surface area (Å²) in [5.74, 6) is 1.57.